The summed E-state index contributed by atoms with van der Waals surface area (Å²) >= 11 is 0. The maximum absolute atomic E-state index is 5.87. The third-order valence-corrected chi connectivity index (χ3v) is 5.57. The first-order valence-electron chi connectivity index (χ1n) is 10.5. The first-order valence-corrected chi connectivity index (χ1v) is 10.5. The summed E-state index contributed by atoms with van der Waals surface area (Å²) < 4.78 is 11.4. The van der Waals surface area contributed by atoms with Crippen molar-refractivity contribution in [3.63, 3.8) is 0 Å². The van der Waals surface area contributed by atoms with Gasteiger partial charge in [0.25, 0.3) is 0 Å². The van der Waals surface area contributed by atoms with Crippen molar-refractivity contribution < 1.29 is 9.47 Å². The van der Waals surface area contributed by atoms with Crippen LogP contribution in [0.2, 0.25) is 0 Å². The Morgan fingerprint density at radius 3 is 2.57 bits per heavy atom. The zero-order valence-corrected chi connectivity index (χ0v) is 17.9. The molecule has 1 aromatic carbocycles. The molecule has 6 heteroatoms. The van der Waals surface area contributed by atoms with Gasteiger partial charge in [0.05, 0.1) is 18.8 Å². The van der Waals surface area contributed by atoms with Crippen LogP contribution in [-0.2, 0) is 22.6 Å². The van der Waals surface area contributed by atoms with Gasteiger partial charge in [0.15, 0.2) is 5.96 Å². The van der Waals surface area contributed by atoms with Crippen LogP contribution in [0.4, 0.5) is 0 Å². The molecule has 2 aliphatic rings. The van der Waals surface area contributed by atoms with Crippen molar-refractivity contribution in [2.24, 2.45) is 10.9 Å². The normalized spacial score (nSPS) is 26.4. The molecule has 2 saturated heterocycles. The van der Waals surface area contributed by atoms with Crippen molar-refractivity contribution in [1.29, 1.82) is 0 Å². The number of nitrogens with one attached hydrogen (secondary N) is 1. The molecule has 3 rings (SSSR count). The summed E-state index contributed by atoms with van der Waals surface area (Å²) in [5.41, 5.74) is 2.70. The fourth-order valence-corrected chi connectivity index (χ4v) is 4.30. The number of rotatable bonds is 6. The minimum absolute atomic E-state index is 0.293. The molecule has 28 heavy (non-hydrogen) atoms. The highest BCUT2D eigenvalue weighted by Crippen LogP contribution is 2.17. The maximum Gasteiger partial charge on any atom is 0.193 e. The molecule has 1 aromatic rings. The number of aliphatic imine (C=N–C) groups is 1. The Labute approximate surface area is 169 Å². The quantitative estimate of drug-likeness (QED) is 0.599. The van der Waals surface area contributed by atoms with E-state index in [9.17, 15) is 0 Å². The van der Waals surface area contributed by atoms with Gasteiger partial charge in [-0.1, -0.05) is 24.3 Å². The highest BCUT2D eigenvalue weighted by atomic mass is 16.5. The molecule has 3 unspecified atom stereocenters. The molecule has 0 spiro atoms. The van der Waals surface area contributed by atoms with Crippen molar-refractivity contribution in [1.82, 2.24) is 15.1 Å². The van der Waals surface area contributed by atoms with Crippen LogP contribution in [0, 0.1) is 5.92 Å². The predicted octanol–water partition coefficient (Wildman–Crippen LogP) is 2.34. The Balaban J connectivity index is 1.57. The first kappa shape index (κ1) is 21.1. The molecule has 156 valence electrons. The second-order valence-electron chi connectivity index (χ2n) is 8.23. The fraction of sp³-hybridized carbons (Fsp3) is 0.682. The molecule has 0 amide bonds. The topological polar surface area (TPSA) is 49.3 Å². The molecule has 0 aliphatic carbocycles. The average Bonchev–Trinajstić information content (AvgIpc) is 3.15. The maximum atomic E-state index is 5.87. The lowest BCUT2D eigenvalue weighted by Crippen LogP contribution is -2.45. The minimum Gasteiger partial charge on any atom is -0.381 e. The van der Waals surface area contributed by atoms with Crippen LogP contribution in [0.3, 0.4) is 0 Å². The average molecular weight is 389 g/mol. The molecule has 0 radical (unpaired) electrons. The lowest BCUT2D eigenvalue weighted by molar-refractivity contribution is -0.0705. The zero-order valence-electron chi connectivity index (χ0n) is 17.9. The highest BCUT2D eigenvalue weighted by Gasteiger charge is 2.23. The summed E-state index contributed by atoms with van der Waals surface area (Å²) in [6, 6.07) is 8.71. The van der Waals surface area contributed by atoms with E-state index in [1.807, 2.05) is 7.05 Å². The van der Waals surface area contributed by atoms with E-state index < -0.39 is 0 Å². The Kier molecular flexibility index (Phi) is 7.71. The molecule has 2 aliphatic heterocycles. The molecule has 0 bridgehead atoms. The SMILES string of the molecule is CN=C(NCc1ccccc1CN1CC(C)OC(C)C1)N(C)CC1CCOC1. The van der Waals surface area contributed by atoms with Crippen LogP contribution in [0.25, 0.3) is 0 Å². The van der Waals surface area contributed by atoms with Crippen LogP contribution in [-0.4, -0.2) is 74.9 Å². The predicted molar refractivity (Wildman–Crippen MR) is 113 cm³/mol. The van der Waals surface area contributed by atoms with Gasteiger partial charge in [0.1, 0.15) is 0 Å². The van der Waals surface area contributed by atoms with Gasteiger partial charge < -0.3 is 19.7 Å². The molecule has 0 saturated carbocycles. The molecule has 3 atom stereocenters. The van der Waals surface area contributed by atoms with E-state index in [-0.39, 0.29) is 0 Å². The Morgan fingerprint density at radius 1 is 1.21 bits per heavy atom. The standard InChI is InChI=1S/C22H36N4O2/c1-17-12-26(13-18(2)28-17)15-21-8-6-5-7-20(21)11-24-22(23-3)25(4)14-19-9-10-27-16-19/h5-8,17-19H,9-16H2,1-4H3,(H,23,24). The molecule has 6 nitrogen and oxygen atoms in total. The van der Waals surface area contributed by atoms with Gasteiger partial charge in [0.2, 0.25) is 0 Å². The van der Waals surface area contributed by atoms with E-state index in [0.29, 0.717) is 18.1 Å². The summed E-state index contributed by atoms with van der Waals surface area (Å²) in [7, 11) is 3.96. The second-order valence-corrected chi connectivity index (χ2v) is 8.23. The number of nitrogens with zero attached hydrogens (tertiary/aromatic N) is 3. The lowest BCUT2D eigenvalue weighted by Gasteiger charge is -2.35. The van der Waals surface area contributed by atoms with Crippen LogP contribution >= 0.6 is 0 Å². The van der Waals surface area contributed by atoms with Gasteiger partial charge >= 0.3 is 0 Å². The number of hydrogen-bond acceptors (Lipinski definition) is 4. The van der Waals surface area contributed by atoms with Crippen molar-refractivity contribution in [3.05, 3.63) is 35.4 Å². The molecular weight excluding hydrogens is 352 g/mol. The van der Waals surface area contributed by atoms with Gasteiger partial charge in [-0.3, -0.25) is 9.89 Å². The van der Waals surface area contributed by atoms with Gasteiger partial charge in [-0.25, -0.2) is 0 Å². The van der Waals surface area contributed by atoms with Crippen LogP contribution in [0.15, 0.2) is 29.3 Å². The van der Waals surface area contributed by atoms with Gasteiger partial charge in [0, 0.05) is 59.3 Å². The summed E-state index contributed by atoms with van der Waals surface area (Å²) in [6.45, 7) is 10.8. The van der Waals surface area contributed by atoms with Gasteiger partial charge in [-0.05, 0) is 31.4 Å². The van der Waals surface area contributed by atoms with Crippen molar-refractivity contribution in [3.8, 4) is 0 Å². The molecule has 1 N–H and O–H groups in total. The Bertz CT molecular complexity index is 635. The van der Waals surface area contributed by atoms with Crippen molar-refractivity contribution in [2.45, 2.75) is 45.6 Å². The number of hydrogen-bond donors (Lipinski definition) is 1. The van der Waals surface area contributed by atoms with E-state index >= 15 is 0 Å². The zero-order chi connectivity index (χ0) is 19.9. The monoisotopic (exact) mass is 388 g/mol. The first-order chi connectivity index (χ1) is 13.5. The summed E-state index contributed by atoms with van der Waals surface area (Å²) in [6.07, 6.45) is 1.72. The molecule has 2 heterocycles. The summed E-state index contributed by atoms with van der Waals surface area (Å²) in [5.74, 6) is 1.54. The number of guanidine groups is 1. The highest BCUT2D eigenvalue weighted by molar-refractivity contribution is 5.79. The lowest BCUT2D eigenvalue weighted by atomic mass is 10.1. The molecule has 2 fully saturated rings. The number of benzene rings is 1. The number of ether oxygens (including phenoxy) is 2. The van der Waals surface area contributed by atoms with E-state index in [1.165, 1.54) is 11.1 Å². The van der Waals surface area contributed by atoms with E-state index in [4.69, 9.17) is 9.47 Å². The molecular formula is C22H36N4O2. The van der Waals surface area contributed by atoms with Gasteiger partial charge in [-0.15, -0.1) is 0 Å². The Hall–Kier alpha value is -1.63. The van der Waals surface area contributed by atoms with Crippen molar-refractivity contribution in [2.75, 3.05) is 46.9 Å². The van der Waals surface area contributed by atoms with E-state index in [1.54, 1.807) is 0 Å². The summed E-state index contributed by atoms with van der Waals surface area (Å²) in [5, 5.41) is 3.55. The number of morpholine rings is 1. The third-order valence-electron chi connectivity index (χ3n) is 5.57. The van der Waals surface area contributed by atoms with Crippen LogP contribution in [0.1, 0.15) is 31.4 Å². The minimum atomic E-state index is 0.293. The smallest absolute Gasteiger partial charge is 0.193 e. The van der Waals surface area contributed by atoms with Gasteiger partial charge in [-0.2, -0.15) is 0 Å². The van der Waals surface area contributed by atoms with Crippen LogP contribution in [0.5, 0.6) is 0 Å². The fourth-order valence-electron chi connectivity index (χ4n) is 4.30. The van der Waals surface area contributed by atoms with Crippen molar-refractivity contribution >= 4 is 5.96 Å². The van der Waals surface area contributed by atoms with E-state index in [0.717, 1.165) is 58.3 Å². The molecule has 0 aromatic heterocycles. The largest absolute Gasteiger partial charge is 0.381 e. The van der Waals surface area contributed by atoms with E-state index in [2.05, 4.69) is 65.3 Å². The summed E-state index contributed by atoms with van der Waals surface area (Å²) in [4.78, 5) is 9.19. The second kappa shape index (κ2) is 10.2. The Morgan fingerprint density at radius 2 is 1.93 bits per heavy atom. The third kappa shape index (κ3) is 5.93. The van der Waals surface area contributed by atoms with Crippen LogP contribution < -0.4 is 5.32 Å².